The van der Waals surface area contributed by atoms with Gasteiger partial charge in [-0.05, 0) is 50.1 Å². The maximum Gasteiger partial charge on any atom is 0.268 e. The van der Waals surface area contributed by atoms with Crippen LogP contribution in [0.15, 0.2) is 39.7 Å². The number of anilines is 1. The van der Waals surface area contributed by atoms with Gasteiger partial charge in [0.25, 0.3) is 5.91 Å². The molecule has 0 unspecified atom stereocenters. The molecule has 2 aromatic heterocycles. The Kier molecular flexibility index (Phi) is 3.98. The molecular weight excluding hydrogens is 402 g/mol. The summed E-state index contributed by atoms with van der Waals surface area (Å²) in [5.41, 5.74) is 9.17. The monoisotopic (exact) mass is 411 g/mol. The highest BCUT2D eigenvalue weighted by atomic mass is 79.9. The third kappa shape index (κ3) is 2.81. The van der Waals surface area contributed by atoms with E-state index in [1.54, 1.807) is 12.4 Å². The van der Waals surface area contributed by atoms with E-state index in [0.29, 0.717) is 12.2 Å². The molecule has 8 heteroatoms. The normalized spacial score (nSPS) is 13.8. The molecule has 0 atom stereocenters. The molecule has 108 valence electrons. The summed E-state index contributed by atoms with van der Waals surface area (Å²) >= 11 is 6.87. The van der Waals surface area contributed by atoms with Crippen LogP contribution in [0.25, 0.3) is 5.70 Å². The number of carbonyl (C=O) groups is 1. The van der Waals surface area contributed by atoms with Crippen molar-refractivity contribution in [2.24, 2.45) is 0 Å². The Labute approximate surface area is 137 Å². The average Bonchev–Trinajstić information content (AvgIpc) is 2.70. The summed E-state index contributed by atoms with van der Waals surface area (Å²) in [7, 11) is 0. The molecule has 2 aromatic rings. The Morgan fingerprint density at radius 2 is 1.95 bits per heavy atom. The largest absolute Gasteiger partial charge is 0.347 e. The number of nitrogens with zero attached hydrogens (tertiary/aromatic N) is 1. The highest BCUT2D eigenvalue weighted by molar-refractivity contribution is 9.13. The van der Waals surface area contributed by atoms with Crippen LogP contribution in [-0.2, 0) is 0 Å². The molecule has 21 heavy (non-hydrogen) atoms. The SMILES string of the molecule is O=C1NCC=C(NNc2ccncc2)c2c1[nH]c(Br)c2Br. The van der Waals surface area contributed by atoms with Gasteiger partial charge in [-0.3, -0.25) is 9.78 Å². The Bertz CT molecular complexity index is 711. The lowest BCUT2D eigenvalue weighted by atomic mass is 10.2. The van der Waals surface area contributed by atoms with Gasteiger partial charge in [-0.15, -0.1) is 0 Å². The molecule has 4 N–H and O–H groups in total. The smallest absolute Gasteiger partial charge is 0.268 e. The van der Waals surface area contributed by atoms with Crippen molar-refractivity contribution >= 4 is 49.2 Å². The number of hydrazine groups is 1. The van der Waals surface area contributed by atoms with Crippen molar-refractivity contribution in [3.63, 3.8) is 0 Å². The summed E-state index contributed by atoms with van der Waals surface area (Å²) in [6.07, 6.45) is 5.30. The van der Waals surface area contributed by atoms with Crippen LogP contribution >= 0.6 is 31.9 Å². The fourth-order valence-corrected chi connectivity index (χ4v) is 2.90. The summed E-state index contributed by atoms with van der Waals surface area (Å²) in [5.74, 6) is -0.145. The molecule has 0 aliphatic carbocycles. The molecule has 3 heterocycles. The standard InChI is InChI=1S/C13H11Br2N5O/c14-10-9-8(20-19-7-1-4-16-5-2-7)3-6-17-13(21)11(9)18-12(10)15/h1-5,18,20H,6H2,(H,16,19)(H,17,21). The number of hydrogen-bond donors (Lipinski definition) is 4. The van der Waals surface area contributed by atoms with Crippen LogP contribution in [0.4, 0.5) is 5.69 Å². The second-order valence-corrected chi connectivity index (χ2v) is 5.90. The van der Waals surface area contributed by atoms with Crippen LogP contribution in [0.5, 0.6) is 0 Å². The second-order valence-electron chi connectivity index (χ2n) is 4.32. The zero-order valence-electron chi connectivity index (χ0n) is 10.7. The number of aromatic amines is 1. The van der Waals surface area contributed by atoms with E-state index in [9.17, 15) is 4.79 Å². The molecule has 1 aliphatic heterocycles. The van der Waals surface area contributed by atoms with E-state index in [0.717, 1.165) is 26.0 Å². The first-order valence-electron chi connectivity index (χ1n) is 6.14. The number of pyridine rings is 1. The van der Waals surface area contributed by atoms with Gasteiger partial charge in [-0.1, -0.05) is 0 Å². The number of halogens is 2. The lowest BCUT2D eigenvalue weighted by molar-refractivity contribution is 0.0954. The fourth-order valence-electron chi connectivity index (χ4n) is 1.99. The van der Waals surface area contributed by atoms with E-state index < -0.39 is 0 Å². The molecule has 3 rings (SSSR count). The molecule has 0 saturated heterocycles. The zero-order valence-corrected chi connectivity index (χ0v) is 13.9. The van der Waals surface area contributed by atoms with Crippen molar-refractivity contribution in [2.45, 2.75) is 0 Å². The number of carbonyl (C=O) groups excluding carboxylic acids is 1. The Hall–Kier alpha value is -1.80. The minimum Gasteiger partial charge on any atom is -0.347 e. The minimum absolute atomic E-state index is 0.145. The number of hydrogen-bond acceptors (Lipinski definition) is 4. The van der Waals surface area contributed by atoms with E-state index in [4.69, 9.17) is 0 Å². The summed E-state index contributed by atoms with van der Waals surface area (Å²) in [6.45, 7) is 0.450. The van der Waals surface area contributed by atoms with E-state index in [2.05, 4.69) is 58.0 Å². The molecule has 0 spiro atoms. The summed E-state index contributed by atoms with van der Waals surface area (Å²) in [4.78, 5) is 19.0. The summed E-state index contributed by atoms with van der Waals surface area (Å²) in [6, 6.07) is 3.69. The Morgan fingerprint density at radius 1 is 1.19 bits per heavy atom. The van der Waals surface area contributed by atoms with Crippen molar-refractivity contribution in [2.75, 3.05) is 12.0 Å². The number of aromatic nitrogens is 2. The Morgan fingerprint density at radius 3 is 2.71 bits per heavy atom. The van der Waals surface area contributed by atoms with Crippen LogP contribution in [0, 0.1) is 0 Å². The second kappa shape index (κ2) is 5.90. The van der Waals surface area contributed by atoms with Gasteiger partial charge < -0.3 is 21.2 Å². The molecule has 0 aromatic carbocycles. The maximum absolute atomic E-state index is 12.0. The first-order chi connectivity index (χ1) is 10.2. The quantitative estimate of drug-likeness (QED) is 0.584. The van der Waals surface area contributed by atoms with Gasteiger partial charge in [0.1, 0.15) is 5.69 Å². The average molecular weight is 413 g/mol. The lowest BCUT2D eigenvalue weighted by Crippen LogP contribution is -2.22. The van der Waals surface area contributed by atoms with Gasteiger partial charge in [0.2, 0.25) is 0 Å². The minimum atomic E-state index is -0.145. The highest BCUT2D eigenvalue weighted by Crippen LogP contribution is 2.34. The number of nitrogens with one attached hydrogen (secondary N) is 4. The lowest BCUT2D eigenvalue weighted by Gasteiger charge is -2.13. The van der Waals surface area contributed by atoms with E-state index in [1.807, 2.05) is 18.2 Å². The molecule has 6 nitrogen and oxygen atoms in total. The van der Waals surface area contributed by atoms with Gasteiger partial charge in [0, 0.05) is 24.5 Å². The number of H-pyrrole nitrogens is 1. The fraction of sp³-hybridized carbons (Fsp3) is 0.0769. The molecule has 1 amide bonds. The third-order valence-electron chi connectivity index (χ3n) is 2.98. The third-order valence-corrected chi connectivity index (χ3v) is 4.90. The van der Waals surface area contributed by atoms with Crippen LogP contribution in [0.1, 0.15) is 16.1 Å². The topological polar surface area (TPSA) is 81.8 Å². The Balaban J connectivity index is 1.90. The summed E-state index contributed by atoms with van der Waals surface area (Å²) in [5, 5.41) is 2.80. The van der Waals surface area contributed by atoms with Crippen molar-refractivity contribution < 1.29 is 4.79 Å². The van der Waals surface area contributed by atoms with Crippen LogP contribution in [0.3, 0.4) is 0 Å². The molecule has 1 aliphatic rings. The predicted molar refractivity (Wildman–Crippen MR) is 87.5 cm³/mol. The molecule has 0 bridgehead atoms. The van der Waals surface area contributed by atoms with Crippen LogP contribution < -0.4 is 16.2 Å². The van der Waals surface area contributed by atoms with Gasteiger partial charge in [-0.25, -0.2) is 0 Å². The number of rotatable bonds is 3. The highest BCUT2D eigenvalue weighted by Gasteiger charge is 2.24. The molecule has 0 saturated carbocycles. The van der Waals surface area contributed by atoms with Gasteiger partial charge in [-0.2, -0.15) is 0 Å². The first kappa shape index (κ1) is 14.2. The summed E-state index contributed by atoms with van der Waals surface area (Å²) < 4.78 is 1.52. The van der Waals surface area contributed by atoms with Gasteiger partial charge in [0.05, 0.1) is 20.5 Å². The van der Waals surface area contributed by atoms with Crippen molar-refractivity contribution in [1.29, 1.82) is 0 Å². The predicted octanol–water partition coefficient (Wildman–Crippen LogP) is 2.64. The van der Waals surface area contributed by atoms with Gasteiger partial charge in [0.15, 0.2) is 0 Å². The van der Waals surface area contributed by atoms with Crippen molar-refractivity contribution in [1.82, 2.24) is 20.7 Å². The number of amides is 1. The molecular formula is C13H11Br2N5O. The van der Waals surface area contributed by atoms with Gasteiger partial charge >= 0.3 is 0 Å². The van der Waals surface area contributed by atoms with Crippen molar-refractivity contribution in [3.8, 4) is 0 Å². The number of fused-ring (bicyclic) bond motifs is 1. The first-order valence-corrected chi connectivity index (χ1v) is 7.73. The molecule has 0 fully saturated rings. The zero-order chi connectivity index (χ0) is 14.8. The maximum atomic E-state index is 12.0. The van der Waals surface area contributed by atoms with Crippen LogP contribution in [0.2, 0.25) is 0 Å². The molecule has 0 radical (unpaired) electrons. The van der Waals surface area contributed by atoms with Crippen LogP contribution in [-0.4, -0.2) is 22.4 Å². The van der Waals surface area contributed by atoms with E-state index in [1.165, 1.54) is 0 Å². The van der Waals surface area contributed by atoms with E-state index >= 15 is 0 Å². The van der Waals surface area contributed by atoms with E-state index in [-0.39, 0.29) is 5.91 Å². The van der Waals surface area contributed by atoms with Crippen molar-refractivity contribution in [3.05, 3.63) is 50.9 Å².